The number of benzene rings is 1. The third-order valence-corrected chi connectivity index (χ3v) is 5.03. The molecule has 0 radical (unpaired) electrons. The van der Waals surface area contributed by atoms with Crippen LogP contribution in [0.3, 0.4) is 0 Å². The molecule has 5 atom stereocenters. The smallest absolute Gasteiger partial charge is 0.190 e. The molecule has 3 fully saturated rings. The quantitative estimate of drug-likeness (QED) is 0.778. The van der Waals surface area contributed by atoms with Crippen LogP contribution in [0.4, 0.5) is 0 Å². The number of rotatable bonds is 5. The van der Waals surface area contributed by atoms with Crippen LogP contribution in [0.1, 0.15) is 33.3 Å². The van der Waals surface area contributed by atoms with Gasteiger partial charge in [0.15, 0.2) is 17.9 Å². The van der Waals surface area contributed by atoms with Crippen molar-refractivity contribution in [2.75, 3.05) is 13.7 Å². The van der Waals surface area contributed by atoms with Crippen molar-refractivity contribution in [3.05, 3.63) is 29.8 Å². The Kier molecular flexibility index (Phi) is 4.95. The molecule has 3 aliphatic rings. The molecule has 150 valence electrons. The van der Waals surface area contributed by atoms with Crippen LogP contribution in [-0.2, 0) is 35.0 Å². The Labute approximate surface area is 159 Å². The highest BCUT2D eigenvalue weighted by atomic mass is 16.8. The number of hydrogen-bond acceptors (Lipinski definition) is 7. The largest absolute Gasteiger partial charge is 0.497 e. The first kappa shape index (κ1) is 19.1. The van der Waals surface area contributed by atoms with Crippen molar-refractivity contribution in [2.45, 2.75) is 76.6 Å². The van der Waals surface area contributed by atoms with Crippen LogP contribution in [0.2, 0.25) is 0 Å². The average molecular weight is 380 g/mol. The number of hydrogen-bond donors (Lipinski definition) is 0. The van der Waals surface area contributed by atoms with Crippen LogP contribution < -0.4 is 4.74 Å². The monoisotopic (exact) mass is 380 g/mol. The van der Waals surface area contributed by atoms with Gasteiger partial charge in [0.2, 0.25) is 0 Å². The summed E-state index contributed by atoms with van der Waals surface area (Å²) in [6.45, 7) is 8.42. The van der Waals surface area contributed by atoms with Crippen LogP contribution in [0.25, 0.3) is 0 Å². The van der Waals surface area contributed by atoms with E-state index in [-0.39, 0.29) is 24.4 Å². The van der Waals surface area contributed by atoms with Crippen molar-refractivity contribution in [3.63, 3.8) is 0 Å². The van der Waals surface area contributed by atoms with E-state index in [1.807, 2.05) is 52.0 Å². The molecule has 0 unspecified atom stereocenters. The van der Waals surface area contributed by atoms with E-state index in [1.165, 1.54) is 0 Å². The molecule has 3 heterocycles. The lowest BCUT2D eigenvalue weighted by Gasteiger charge is -2.29. The van der Waals surface area contributed by atoms with E-state index in [1.54, 1.807) is 7.11 Å². The Morgan fingerprint density at radius 3 is 2.33 bits per heavy atom. The van der Waals surface area contributed by atoms with E-state index >= 15 is 0 Å². The van der Waals surface area contributed by atoms with Gasteiger partial charge in [-0.2, -0.15) is 0 Å². The normalized spacial score (nSPS) is 36.7. The molecule has 0 saturated carbocycles. The van der Waals surface area contributed by atoms with E-state index in [0.717, 1.165) is 11.3 Å². The summed E-state index contributed by atoms with van der Waals surface area (Å²) >= 11 is 0. The first-order valence-electron chi connectivity index (χ1n) is 9.34. The van der Waals surface area contributed by atoms with Crippen LogP contribution in [-0.4, -0.2) is 56.0 Å². The molecule has 0 bridgehead atoms. The third kappa shape index (κ3) is 3.99. The standard InChI is InChI=1S/C20H28O7/c1-19(2)23-11-14(25-19)15-16(17-18(24-15)27-20(3,4)26-17)22-10-12-6-8-13(21-5)9-7-12/h6-9,14-18H,10-11H2,1-5H3/t14-,15+,16-,17+,18+/m0/s1. The highest BCUT2D eigenvalue weighted by molar-refractivity contribution is 5.26. The molecule has 0 spiro atoms. The molecule has 0 aromatic heterocycles. The summed E-state index contributed by atoms with van der Waals surface area (Å²) < 4.78 is 41.3. The lowest BCUT2D eigenvalue weighted by molar-refractivity contribution is -0.236. The molecular formula is C20H28O7. The zero-order chi connectivity index (χ0) is 19.2. The zero-order valence-corrected chi connectivity index (χ0v) is 16.5. The SMILES string of the molecule is COc1ccc(CO[C@@H]2[C@H]3OC(C)(C)O[C@H]3O[C@@H]2[C@@H]2COC(C)(C)O2)cc1. The Hall–Kier alpha value is -1.22. The zero-order valence-electron chi connectivity index (χ0n) is 16.5. The molecule has 0 aliphatic carbocycles. The van der Waals surface area contributed by atoms with E-state index in [4.69, 9.17) is 33.2 Å². The molecule has 1 aromatic carbocycles. The average Bonchev–Trinajstić information content (AvgIpc) is 3.22. The van der Waals surface area contributed by atoms with E-state index in [0.29, 0.717) is 13.2 Å². The summed E-state index contributed by atoms with van der Waals surface area (Å²) in [5, 5.41) is 0. The Bertz CT molecular complexity index is 657. The highest BCUT2D eigenvalue weighted by Crippen LogP contribution is 2.42. The first-order valence-corrected chi connectivity index (χ1v) is 9.34. The van der Waals surface area contributed by atoms with Gasteiger partial charge < -0.3 is 33.2 Å². The molecule has 3 aliphatic heterocycles. The van der Waals surface area contributed by atoms with Gasteiger partial charge in [0, 0.05) is 0 Å². The first-order chi connectivity index (χ1) is 12.8. The lowest BCUT2D eigenvalue weighted by Crippen LogP contribution is -2.44. The molecule has 0 N–H and O–H groups in total. The van der Waals surface area contributed by atoms with Gasteiger partial charge in [0.25, 0.3) is 0 Å². The predicted molar refractivity (Wildman–Crippen MR) is 95.2 cm³/mol. The van der Waals surface area contributed by atoms with Crippen molar-refractivity contribution in [2.24, 2.45) is 0 Å². The summed E-state index contributed by atoms with van der Waals surface area (Å²) in [5.74, 6) is -0.518. The van der Waals surface area contributed by atoms with Crippen LogP contribution in [0.5, 0.6) is 5.75 Å². The summed E-state index contributed by atoms with van der Waals surface area (Å²) in [4.78, 5) is 0. The van der Waals surface area contributed by atoms with Crippen molar-refractivity contribution < 1.29 is 33.2 Å². The van der Waals surface area contributed by atoms with Crippen molar-refractivity contribution in [3.8, 4) is 5.75 Å². The van der Waals surface area contributed by atoms with Crippen molar-refractivity contribution in [1.29, 1.82) is 0 Å². The number of methoxy groups -OCH3 is 1. The maximum atomic E-state index is 6.26. The third-order valence-electron chi connectivity index (χ3n) is 5.03. The minimum absolute atomic E-state index is 0.234. The summed E-state index contributed by atoms with van der Waals surface area (Å²) in [5.41, 5.74) is 1.04. The Balaban J connectivity index is 1.48. The molecule has 7 heteroatoms. The molecule has 0 amide bonds. The fourth-order valence-electron chi connectivity index (χ4n) is 3.78. The maximum absolute atomic E-state index is 6.26. The highest BCUT2D eigenvalue weighted by Gasteiger charge is 2.58. The molecular weight excluding hydrogens is 352 g/mol. The van der Waals surface area contributed by atoms with Gasteiger partial charge >= 0.3 is 0 Å². The van der Waals surface area contributed by atoms with E-state index < -0.39 is 17.9 Å². The second-order valence-electron chi connectivity index (χ2n) is 8.06. The van der Waals surface area contributed by atoms with Crippen LogP contribution in [0, 0.1) is 0 Å². The Morgan fingerprint density at radius 1 is 0.963 bits per heavy atom. The summed E-state index contributed by atoms with van der Waals surface area (Å²) in [6, 6.07) is 7.79. The summed E-state index contributed by atoms with van der Waals surface area (Å²) in [6.07, 6.45) is -1.66. The molecule has 4 rings (SSSR count). The van der Waals surface area contributed by atoms with Crippen molar-refractivity contribution in [1.82, 2.24) is 0 Å². The fraction of sp³-hybridized carbons (Fsp3) is 0.700. The molecule has 7 nitrogen and oxygen atoms in total. The van der Waals surface area contributed by atoms with Gasteiger partial charge in [-0.05, 0) is 45.4 Å². The van der Waals surface area contributed by atoms with E-state index in [2.05, 4.69) is 0 Å². The van der Waals surface area contributed by atoms with Gasteiger partial charge in [-0.25, -0.2) is 0 Å². The second-order valence-corrected chi connectivity index (χ2v) is 8.06. The van der Waals surface area contributed by atoms with Gasteiger partial charge in [-0.15, -0.1) is 0 Å². The minimum Gasteiger partial charge on any atom is -0.497 e. The van der Waals surface area contributed by atoms with Gasteiger partial charge in [-0.1, -0.05) is 12.1 Å². The molecule has 1 aromatic rings. The minimum atomic E-state index is -0.700. The lowest BCUT2D eigenvalue weighted by atomic mass is 10.1. The van der Waals surface area contributed by atoms with Gasteiger partial charge in [0.1, 0.15) is 30.2 Å². The number of ether oxygens (including phenoxy) is 7. The Morgan fingerprint density at radius 2 is 1.70 bits per heavy atom. The second kappa shape index (κ2) is 6.99. The molecule has 3 saturated heterocycles. The number of fused-ring (bicyclic) bond motifs is 1. The van der Waals surface area contributed by atoms with Gasteiger partial charge in [0.05, 0.1) is 20.3 Å². The fourth-order valence-corrected chi connectivity index (χ4v) is 3.78. The predicted octanol–water partition coefficient (Wildman–Crippen LogP) is 2.61. The van der Waals surface area contributed by atoms with Crippen LogP contribution >= 0.6 is 0 Å². The van der Waals surface area contributed by atoms with Crippen molar-refractivity contribution >= 4 is 0 Å². The maximum Gasteiger partial charge on any atom is 0.190 e. The van der Waals surface area contributed by atoms with Crippen LogP contribution in [0.15, 0.2) is 24.3 Å². The summed E-state index contributed by atoms with van der Waals surface area (Å²) in [7, 11) is 1.65. The molecule has 27 heavy (non-hydrogen) atoms. The van der Waals surface area contributed by atoms with Gasteiger partial charge in [-0.3, -0.25) is 0 Å². The van der Waals surface area contributed by atoms with E-state index in [9.17, 15) is 0 Å². The topological polar surface area (TPSA) is 64.6 Å².